The number of benzene rings is 11. The van der Waals surface area contributed by atoms with Gasteiger partial charge in [0.1, 0.15) is 77.7 Å². The van der Waals surface area contributed by atoms with Crippen molar-refractivity contribution in [2.75, 3.05) is 41.0 Å². The molecule has 7 aliphatic heterocycles. The van der Waals surface area contributed by atoms with Gasteiger partial charge in [-0.15, -0.1) is 0 Å². The summed E-state index contributed by atoms with van der Waals surface area (Å²) in [6.45, 7) is 1.05. The predicted molar refractivity (Wildman–Crippen MR) is 480 cm³/mol. The first-order valence-corrected chi connectivity index (χ1v) is 44.7. The van der Waals surface area contributed by atoms with Crippen LogP contribution in [0.5, 0.6) is 92.1 Å². The molecule has 648 valence electrons. The summed E-state index contributed by atoms with van der Waals surface area (Å²) in [6, 6.07) is 80.6. The molecule has 1 aromatic heterocycles. The first-order valence-electron chi connectivity index (χ1n) is 40.1. The topological polar surface area (TPSA) is 352 Å². The molecule has 1 aliphatic carbocycles. The van der Waals surface area contributed by atoms with Crippen molar-refractivity contribution in [2.24, 2.45) is 0 Å². The fraction of sp³-hybridized carbons (Fsp3) is 0.124. The Morgan fingerprint density at radius 2 is 0.721 bits per heavy atom. The average Bonchev–Trinajstić information content (AvgIpc) is 1.66. The van der Waals surface area contributed by atoms with Gasteiger partial charge in [0, 0.05) is 72.3 Å². The Morgan fingerprint density at radius 3 is 1.07 bits per heavy atom. The van der Waals surface area contributed by atoms with E-state index in [-0.39, 0.29) is 54.0 Å². The third kappa shape index (κ3) is 20.0. The highest BCUT2D eigenvalue weighted by atomic mass is 32.2. The molecule has 0 saturated heterocycles. The zero-order valence-electron chi connectivity index (χ0n) is 68.6. The van der Waals surface area contributed by atoms with Gasteiger partial charge in [-0.25, -0.2) is 21.8 Å². The number of carbonyl (C=O) groups excluding carboxylic acids is 5. The lowest BCUT2D eigenvalue weighted by Gasteiger charge is -2.16. The molecule has 8 aliphatic rings. The molecule has 28 nitrogen and oxygen atoms in total. The Labute approximate surface area is 749 Å². The monoisotopic (exact) mass is 1800 g/mol. The lowest BCUT2D eigenvalue weighted by molar-refractivity contribution is -0.115. The summed E-state index contributed by atoms with van der Waals surface area (Å²) >= 11 is 0. The number of aromatic nitrogens is 1. The fourth-order valence-corrected chi connectivity index (χ4v) is 18.2. The van der Waals surface area contributed by atoms with Crippen molar-refractivity contribution in [2.45, 2.75) is 37.3 Å². The number of nitrogens with zero attached hydrogens (tertiary/aromatic N) is 3. The molecule has 32 heteroatoms. The van der Waals surface area contributed by atoms with Gasteiger partial charge in [0.2, 0.25) is 5.88 Å². The Morgan fingerprint density at radius 1 is 0.388 bits per heavy atom. The second-order valence-electron chi connectivity index (χ2n) is 29.4. The zero-order chi connectivity index (χ0) is 89.2. The number of fused-ring (bicyclic) bond motifs is 4. The van der Waals surface area contributed by atoms with Crippen molar-refractivity contribution < 1.29 is 97.7 Å². The lowest BCUT2D eigenvalue weighted by atomic mass is 10.1. The van der Waals surface area contributed by atoms with Gasteiger partial charge >= 0.3 is 0 Å². The zero-order valence-corrected chi connectivity index (χ0v) is 71.9. The van der Waals surface area contributed by atoms with Crippen LogP contribution in [0.4, 0.5) is 0 Å². The molecule has 8 atom stereocenters. The van der Waals surface area contributed by atoms with E-state index in [4.69, 9.17) is 62.1 Å². The number of pyridine rings is 1. The quantitative estimate of drug-likeness (QED) is 0.0489. The van der Waals surface area contributed by atoms with Crippen molar-refractivity contribution in [1.82, 2.24) is 28.8 Å². The van der Waals surface area contributed by atoms with Gasteiger partial charge in [-0.3, -0.25) is 42.9 Å². The molecule has 0 fully saturated rings. The number of amides is 5. The van der Waals surface area contributed by atoms with Gasteiger partial charge in [-0.2, -0.15) is 5.26 Å². The number of para-hydroxylation sites is 4. The maximum absolute atomic E-state index is 12.1. The highest BCUT2D eigenvalue weighted by Gasteiger charge is 2.35. The third-order valence-corrected chi connectivity index (χ3v) is 25.3. The standard InChI is InChI=1S/C27H24N2O5S.C24H16N2O5S.C23H18N2O6S.C23H17NO5S/c1-29(2)27(31)18-8-12-20(13-9-18)33-23-5-3-4-21-22(23)14-15-24(21)34-19-10-6-17(7-11-19)25-16-26(30)28-35(25)32;25-13-15-4-8-17(9-5-15)30-20-3-1-2-19-21(14-29-24(19)20)31-18-10-6-16(7-11-18)22-12-23(27)26-32(22)28;1-28-22-10-9-16(12-24-22)31-18-4-2-3-17-19(13-29-23(17)18)30-15-7-5-14(6-8-15)20-11-21(26)25-32(20)27;25-22-13-21(30(26)24-22)15-9-11-17(12-10-15)29-20-14-27-23-18(20)7-4-8-19(23)28-16-5-2-1-3-6-16/h3-13,16,24H,14-15H2,1-2H3,(H,28,30);1-12,21H,14H2,(H,26,27);2-12,19H,13H2,1H3,(H,25,26);1-13,20H,14H2,(H,24,25)/t24-,35?;;;/m1.../s1. The van der Waals surface area contributed by atoms with Crippen LogP contribution in [-0.2, 0) is 69.5 Å². The highest BCUT2D eigenvalue weighted by molar-refractivity contribution is 7.94. The van der Waals surface area contributed by atoms with Crippen molar-refractivity contribution in [3.63, 3.8) is 0 Å². The predicted octanol–water partition coefficient (Wildman–Crippen LogP) is 16.0. The van der Waals surface area contributed by atoms with Crippen LogP contribution in [0.25, 0.3) is 19.6 Å². The Kier molecular flexibility index (Phi) is 25.6. The molecule has 12 aromatic rings. The molecule has 0 spiro atoms. The Bertz CT molecular complexity index is 6610. The van der Waals surface area contributed by atoms with E-state index in [1.165, 1.54) is 24.3 Å². The largest absolute Gasteiger partial charge is 0.486 e. The number of nitrogens with one attached hydrogen (secondary N) is 4. The van der Waals surface area contributed by atoms with Crippen molar-refractivity contribution in [3.8, 4) is 98.2 Å². The maximum atomic E-state index is 12.1. The molecule has 0 radical (unpaired) electrons. The van der Waals surface area contributed by atoms with Crippen LogP contribution >= 0.6 is 0 Å². The molecule has 8 heterocycles. The average molecular weight is 1800 g/mol. The number of nitriles is 1. The molecule has 0 bridgehead atoms. The minimum absolute atomic E-state index is 0.0523. The van der Waals surface area contributed by atoms with Crippen molar-refractivity contribution in [1.29, 1.82) is 5.26 Å². The molecular weight excluding hydrogens is 1730 g/mol. The van der Waals surface area contributed by atoms with E-state index in [2.05, 4.69) is 36.0 Å². The van der Waals surface area contributed by atoms with Crippen LogP contribution < -0.4 is 75.7 Å². The van der Waals surface area contributed by atoms with Gasteiger partial charge in [0.25, 0.3) is 29.5 Å². The second-order valence-corrected chi connectivity index (χ2v) is 34.2. The number of hydrogen-bond acceptors (Lipinski definition) is 23. The number of hydrogen-bond donors (Lipinski definition) is 4. The SMILES string of the molecule is CN(C)C(=O)c1ccc(Oc2cccc3c2CC[C@H]3Oc2ccc(C3=CC(=O)NS3=O)cc2)cc1.COc1ccc(Oc2cccc3c2OCC3Oc2ccc(C3=CC(=O)NS3=O)cc2)cn1.N#Cc1ccc(Oc2cccc3c2OCC3Oc2ccc(C3=CC(=O)NS3=O)cc2)cc1.O=C1C=C(c2ccc(OC3COc4c(Oc5ccccc5)cccc43)cc2)S(=O)N1. The smallest absolute Gasteiger partial charge is 0.257 e. The number of rotatable bonds is 22. The summed E-state index contributed by atoms with van der Waals surface area (Å²) in [5.74, 6) is 8.70. The van der Waals surface area contributed by atoms with E-state index >= 15 is 0 Å². The minimum Gasteiger partial charge on any atom is -0.486 e. The van der Waals surface area contributed by atoms with Gasteiger partial charge in [-0.1, -0.05) is 115 Å². The number of methoxy groups -OCH3 is 1. The molecule has 129 heavy (non-hydrogen) atoms. The van der Waals surface area contributed by atoms with E-state index in [9.17, 15) is 40.8 Å². The lowest BCUT2D eigenvalue weighted by Crippen LogP contribution is -2.21. The Hall–Kier alpha value is -15.4. The Balaban J connectivity index is 0.000000121. The van der Waals surface area contributed by atoms with E-state index in [0.29, 0.717) is 148 Å². The van der Waals surface area contributed by atoms with Crippen LogP contribution in [0.2, 0.25) is 0 Å². The molecule has 20 rings (SSSR count). The fourth-order valence-electron chi connectivity index (χ4n) is 14.6. The highest BCUT2D eigenvalue weighted by Crippen LogP contribution is 2.48. The second kappa shape index (κ2) is 38.6. The summed E-state index contributed by atoms with van der Waals surface area (Å²) in [4.78, 5) is 65.2. The van der Waals surface area contributed by atoms with Crippen molar-refractivity contribution in [3.05, 3.63) is 353 Å². The first kappa shape index (κ1) is 85.7. The molecule has 0 saturated carbocycles. The van der Waals surface area contributed by atoms with E-state index in [1.807, 2.05) is 109 Å². The summed E-state index contributed by atoms with van der Waals surface area (Å²) in [5, 5.41) is 8.93. The van der Waals surface area contributed by atoms with Gasteiger partial charge in [0.05, 0.1) is 44.6 Å². The van der Waals surface area contributed by atoms with Crippen LogP contribution in [-0.4, -0.2) is 97.3 Å². The van der Waals surface area contributed by atoms with E-state index in [1.54, 1.807) is 178 Å². The molecule has 7 unspecified atom stereocenters. The van der Waals surface area contributed by atoms with Crippen LogP contribution in [0.1, 0.15) is 96.8 Å². The summed E-state index contributed by atoms with van der Waals surface area (Å²) in [7, 11) is -1.09. The molecule has 11 aromatic carbocycles. The summed E-state index contributed by atoms with van der Waals surface area (Å²) < 4.78 is 128. The molecule has 5 amide bonds. The van der Waals surface area contributed by atoms with Gasteiger partial charge < -0.3 is 61.7 Å². The van der Waals surface area contributed by atoms with Gasteiger partial charge in [0.15, 0.2) is 96.8 Å². The first-order chi connectivity index (χ1) is 62.8. The van der Waals surface area contributed by atoms with E-state index < -0.39 is 43.9 Å². The van der Waals surface area contributed by atoms with Crippen LogP contribution in [0, 0.1) is 11.3 Å². The van der Waals surface area contributed by atoms with Gasteiger partial charge in [-0.05, 0) is 180 Å². The molecule has 4 N–H and O–H groups in total. The molecular formula is C97H75N7O21S4. The van der Waals surface area contributed by atoms with Crippen LogP contribution in [0.3, 0.4) is 0 Å². The summed E-state index contributed by atoms with van der Waals surface area (Å²) in [6.07, 6.45) is 7.60. The number of ether oxygens (including phenoxy) is 12. The van der Waals surface area contributed by atoms with Crippen LogP contribution in [0.15, 0.2) is 291 Å². The van der Waals surface area contributed by atoms with Crippen molar-refractivity contribution >= 4 is 93.1 Å². The van der Waals surface area contributed by atoms with E-state index in [0.717, 1.165) is 57.7 Å². The maximum Gasteiger partial charge on any atom is 0.257 e. The summed E-state index contributed by atoms with van der Waals surface area (Å²) in [5.41, 5.74) is 8.84. The third-order valence-electron chi connectivity index (χ3n) is 20.7. The normalized spacial score (nSPS) is 18.9. The minimum atomic E-state index is -1.53. The number of carbonyl (C=O) groups is 5.